The summed E-state index contributed by atoms with van der Waals surface area (Å²) in [6.45, 7) is 3.42. The van der Waals surface area contributed by atoms with Crippen LogP contribution in [0.25, 0.3) is 0 Å². The number of amides is 1. The molecule has 0 saturated carbocycles. The average molecular weight is 358 g/mol. The van der Waals surface area contributed by atoms with Gasteiger partial charge in [0.15, 0.2) is 6.61 Å². The zero-order valence-electron chi connectivity index (χ0n) is 14.0. The van der Waals surface area contributed by atoms with Crippen molar-refractivity contribution in [2.75, 3.05) is 11.9 Å². The van der Waals surface area contributed by atoms with Crippen LogP contribution in [0.5, 0.6) is 0 Å². The van der Waals surface area contributed by atoms with E-state index in [-0.39, 0.29) is 0 Å². The molecule has 6 nitrogen and oxygen atoms in total. The van der Waals surface area contributed by atoms with Crippen LogP contribution in [0.4, 0.5) is 5.00 Å². The van der Waals surface area contributed by atoms with Crippen LogP contribution in [0.1, 0.15) is 45.5 Å². The number of nitrogens with one attached hydrogen (secondary N) is 1. The Balaban J connectivity index is 1.65. The number of ether oxygens (including phenoxy) is 1. The molecular weight excluding hydrogens is 340 g/mol. The molecule has 2 aromatic heterocycles. The van der Waals surface area contributed by atoms with Crippen molar-refractivity contribution in [3.8, 4) is 6.07 Å². The van der Waals surface area contributed by atoms with Crippen molar-refractivity contribution in [3.63, 3.8) is 0 Å². The first-order chi connectivity index (χ1) is 12.0. The predicted molar refractivity (Wildman–Crippen MR) is 92.6 cm³/mol. The smallest absolute Gasteiger partial charge is 0.342 e. The second-order valence-corrected chi connectivity index (χ2v) is 7.29. The number of esters is 1. The van der Waals surface area contributed by atoms with E-state index in [0.29, 0.717) is 27.8 Å². The highest BCUT2D eigenvalue weighted by atomic mass is 32.1. The Labute approximate surface area is 149 Å². The van der Waals surface area contributed by atoms with Gasteiger partial charge in [0.25, 0.3) is 5.91 Å². The number of aryl methyl sites for hydroxylation is 1. The van der Waals surface area contributed by atoms with Crippen molar-refractivity contribution in [3.05, 3.63) is 39.7 Å². The molecule has 1 N–H and O–H groups in total. The number of carbonyl (C=O) groups excluding carboxylic acids is 2. The number of anilines is 1. The van der Waals surface area contributed by atoms with Gasteiger partial charge in [-0.3, -0.25) is 4.79 Å². The van der Waals surface area contributed by atoms with E-state index < -0.39 is 18.5 Å². The third kappa shape index (κ3) is 3.59. The van der Waals surface area contributed by atoms with E-state index in [4.69, 9.17) is 9.15 Å². The molecule has 2 aromatic rings. The lowest BCUT2D eigenvalue weighted by Gasteiger charge is -2.17. The second-order valence-electron chi connectivity index (χ2n) is 6.18. The van der Waals surface area contributed by atoms with E-state index in [1.807, 2.05) is 0 Å². The number of thiophene rings is 1. The van der Waals surface area contributed by atoms with Gasteiger partial charge in [0.2, 0.25) is 0 Å². The van der Waals surface area contributed by atoms with Gasteiger partial charge in [-0.25, -0.2) is 4.79 Å². The first-order valence-electron chi connectivity index (χ1n) is 8.05. The molecule has 0 radical (unpaired) electrons. The molecule has 1 aliphatic rings. The third-order valence-corrected chi connectivity index (χ3v) is 5.46. The summed E-state index contributed by atoms with van der Waals surface area (Å²) in [5, 5.41) is 12.7. The van der Waals surface area contributed by atoms with Gasteiger partial charge in [-0.15, -0.1) is 11.3 Å². The molecule has 25 heavy (non-hydrogen) atoms. The van der Waals surface area contributed by atoms with Crippen molar-refractivity contribution in [2.45, 2.75) is 33.1 Å². The summed E-state index contributed by atoms with van der Waals surface area (Å²) in [4.78, 5) is 25.2. The number of rotatable bonds is 4. The molecule has 2 heterocycles. The summed E-state index contributed by atoms with van der Waals surface area (Å²) in [7, 11) is 0. The Morgan fingerprint density at radius 2 is 2.32 bits per heavy atom. The molecular formula is C18H18N2O4S. The molecule has 1 amide bonds. The quantitative estimate of drug-likeness (QED) is 0.845. The van der Waals surface area contributed by atoms with Gasteiger partial charge in [0.05, 0.1) is 11.8 Å². The molecule has 0 fully saturated rings. The van der Waals surface area contributed by atoms with E-state index >= 15 is 0 Å². The standard InChI is InChI=1S/C18H18N2O4S/c1-10-3-4-13-14(8-19)17(25-15(13)7-10)20-16(21)9-24-18(22)12-5-6-23-11(12)2/h5-6,10H,3-4,7,9H2,1-2H3,(H,20,21)/t10-/m1/s1. The molecule has 0 bridgehead atoms. The van der Waals surface area contributed by atoms with Crippen LogP contribution in [0.3, 0.4) is 0 Å². The van der Waals surface area contributed by atoms with E-state index in [1.54, 1.807) is 6.92 Å². The summed E-state index contributed by atoms with van der Waals surface area (Å²) >= 11 is 1.44. The van der Waals surface area contributed by atoms with Gasteiger partial charge in [0.1, 0.15) is 22.4 Å². The summed E-state index contributed by atoms with van der Waals surface area (Å²) in [6.07, 6.45) is 4.23. The Kier molecular flexibility index (Phi) is 4.91. The fourth-order valence-electron chi connectivity index (χ4n) is 2.93. The first-order valence-corrected chi connectivity index (χ1v) is 8.87. The molecule has 0 unspecified atom stereocenters. The third-order valence-electron chi connectivity index (χ3n) is 4.29. The maximum atomic E-state index is 12.1. The van der Waals surface area contributed by atoms with Crippen molar-refractivity contribution in [2.24, 2.45) is 5.92 Å². The molecule has 0 aromatic carbocycles. The Bertz CT molecular complexity index is 859. The Morgan fingerprint density at radius 1 is 1.52 bits per heavy atom. The highest BCUT2D eigenvalue weighted by molar-refractivity contribution is 7.16. The maximum Gasteiger partial charge on any atom is 0.342 e. The van der Waals surface area contributed by atoms with E-state index in [1.165, 1.54) is 23.7 Å². The maximum absolute atomic E-state index is 12.1. The highest BCUT2D eigenvalue weighted by Gasteiger charge is 2.25. The fraction of sp³-hybridized carbons (Fsp3) is 0.389. The minimum Gasteiger partial charge on any atom is -0.469 e. The lowest BCUT2D eigenvalue weighted by molar-refractivity contribution is -0.119. The number of furan rings is 1. The predicted octanol–water partition coefficient (Wildman–Crippen LogP) is 3.44. The zero-order chi connectivity index (χ0) is 18.0. The largest absolute Gasteiger partial charge is 0.469 e. The Hall–Kier alpha value is -2.59. The van der Waals surface area contributed by atoms with Crippen LogP contribution in [-0.2, 0) is 22.4 Å². The van der Waals surface area contributed by atoms with Crippen LogP contribution < -0.4 is 5.32 Å². The molecule has 0 spiro atoms. The van der Waals surface area contributed by atoms with Gasteiger partial charge in [-0.2, -0.15) is 5.26 Å². The van der Waals surface area contributed by atoms with Gasteiger partial charge in [-0.05, 0) is 43.7 Å². The Morgan fingerprint density at radius 3 is 3.00 bits per heavy atom. The highest BCUT2D eigenvalue weighted by Crippen LogP contribution is 2.39. The van der Waals surface area contributed by atoms with Crippen LogP contribution >= 0.6 is 11.3 Å². The minimum absolute atomic E-state index is 0.297. The lowest BCUT2D eigenvalue weighted by atomic mass is 9.89. The van der Waals surface area contributed by atoms with Crippen molar-refractivity contribution >= 4 is 28.2 Å². The van der Waals surface area contributed by atoms with E-state index in [2.05, 4.69) is 18.3 Å². The van der Waals surface area contributed by atoms with Crippen LogP contribution in [0, 0.1) is 24.2 Å². The van der Waals surface area contributed by atoms with Crippen molar-refractivity contribution in [1.82, 2.24) is 0 Å². The molecule has 0 saturated heterocycles. The number of nitriles is 1. The zero-order valence-corrected chi connectivity index (χ0v) is 14.9. The lowest BCUT2D eigenvalue weighted by Crippen LogP contribution is -2.21. The van der Waals surface area contributed by atoms with Gasteiger partial charge in [-0.1, -0.05) is 6.92 Å². The summed E-state index contributed by atoms with van der Waals surface area (Å²) in [5.74, 6) is -0.0449. The van der Waals surface area contributed by atoms with E-state index in [9.17, 15) is 14.9 Å². The topological polar surface area (TPSA) is 92.3 Å². The molecule has 130 valence electrons. The number of hydrogen-bond acceptors (Lipinski definition) is 6. The normalized spacial score (nSPS) is 16.0. The monoisotopic (exact) mass is 358 g/mol. The summed E-state index contributed by atoms with van der Waals surface area (Å²) in [5.41, 5.74) is 1.88. The van der Waals surface area contributed by atoms with Gasteiger partial charge in [0, 0.05) is 4.88 Å². The van der Waals surface area contributed by atoms with Crippen LogP contribution in [0.15, 0.2) is 16.7 Å². The molecule has 3 rings (SSSR count). The minimum atomic E-state index is -0.610. The molecule has 1 aliphatic carbocycles. The molecule has 0 aliphatic heterocycles. The van der Waals surface area contributed by atoms with Gasteiger partial charge < -0.3 is 14.5 Å². The summed E-state index contributed by atoms with van der Waals surface area (Å²) < 4.78 is 10.0. The van der Waals surface area contributed by atoms with Crippen molar-refractivity contribution in [1.29, 1.82) is 5.26 Å². The van der Waals surface area contributed by atoms with Gasteiger partial charge >= 0.3 is 5.97 Å². The van der Waals surface area contributed by atoms with E-state index in [0.717, 1.165) is 29.7 Å². The van der Waals surface area contributed by atoms with Crippen molar-refractivity contribution < 1.29 is 18.7 Å². The SMILES string of the molecule is Cc1occc1C(=O)OCC(=O)Nc1sc2c(c1C#N)CC[C@@H](C)C2. The second kappa shape index (κ2) is 7.11. The summed E-state index contributed by atoms with van der Waals surface area (Å²) in [6, 6.07) is 3.69. The van der Waals surface area contributed by atoms with Crippen LogP contribution in [0.2, 0.25) is 0 Å². The fourth-order valence-corrected chi connectivity index (χ4v) is 4.30. The number of fused-ring (bicyclic) bond motifs is 1. The first kappa shape index (κ1) is 17.2. The number of hydrogen-bond donors (Lipinski definition) is 1. The molecule has 7 heteroatoms. The van der Waals surface area contributed by atoms with Crippen LogP contribution in [-0.4, -0.2) is 18.5 Å². The number of nitrogens with zero attached hydrogens (tertiary/aromatic N) is 1. The average Bonchev–Trinajstić information content (AvgIpc) is 3.15. The number of carbonyl (C=O) groups is 2. The molecule has 1 atom stereocenters.